The smallest absolute Gasteiger partial charge is 0.224 e. The molecule has 0 atom stereocenters. The lowest BCUT2D eigenvalue weighted by Crippen LogP contribution is -2.18. The standard InChI is InChI=1S/C16H20N4O/c1-11(2)20-10-12(9-18-20)8-17-14-4-5-15-13(7-14)3-6-16(21)19-15/h4-5,7,9-11,17H,3,6,8H2,1-2H3,(H,19,21). The van der Waals surface area contributed by atoms with Crippen LogP contribution in [-0.2, 0) is 17.8 Å². The molecule has 0 unspecified atom stereocenters. The number of amides is 1. The molecular weight excluding hydrogens is 264 g/mol. The van der Waals surface area contributed by atoms with E-state index in [9.17, 15) is 4.79 Å². The van der Waals surface area contributed by atoms with Crippen molar-refractivity contribution in [1.82, 2.24) is 9.78 Å². The molecule has 1 aromatic heterocycles. The number of nitrogens with zero attached hydrogens (tertiary/aromatic N) is 2. The van der Waals surface area contributed by atoms with E-state index in [-0.39, 0.29) is 5.91 Å². The predicted octanol–water partition coefficient (Wildman–Crippen LogP) is 2.96. The van der Waals surface area contributed by atoms with Gasteiger partial charge in [-0.3, -0.25) is 9.48 Å². The van der Waals surface area contributed by atoms with Gasteiger partial charge in [-0.15, -0.1) is 0 Å². The van der Waals surface area contributed by atoms with E-state index >= 15 is 0 Å². The molecule has 21 heavy (non-hydrogen) atoms. The summed E-state index contributed by atoms with van der Waals surface area (Å²) < 4.78 is 1.96. The Morgan fingerprint density at radius 1 is 1.38 bits per heavy atom. The van der Waals surface area contributed by atoms with E-state index in [1.807, 2.05) is 23.0 Å². The Morgan fingerprint density at radius 3 is 3.00 bits per heavy atom. The second-order valence-electron chi connectivity index (χ2n) is 5.70. The molecule has 0 saturated heterocycles. The number of rotatable bonds is 4. The molecule has 1 aromatic carbocycles. The van der Waals surface area contributed by atoms with Crippen molar-refractivity contribution in [3.63, 3.8) is 0 Å². The minimum Gasteiger partial charge on any atom is -0.381 e. The molecule has 110 valence electrons. The molecule has 0 aliphatic carbocycles. The van der Waals surface area contributed by atoms with Gasteiger partial charge in [0.15, 0.2) is 0 Å². The highest BCUT2D eigenvalue weighted by atomic mass is 16.1. The van der Waals surface area contributed by atoms with Crippen LogP contribution in [0.15, 0.2) is 30.6 Å². The first-order valence-electron chi connectivity index (χ1n) is 7.31. The zero-order valence-corrected chi connectivity index (χ0v) is 12.4. The summed E-state index contributed by atoms with van der Waals surface area (Å²) in [6.07, 6.45) is 5.33. The van der Waals surface area contributed by atoms with Gasteiger partial charge in [-0.2, -0.15) is 5.10 Å². The number of benzene rings is 1. The van der Waals surface area contributed by atoms with Crippen molar-refractivity contribution in [3.05, 3.63) is 41.7 Å². The molecule has 5 heteroatoms. The van der Waals surface area contributed by atoms with Crippen molar-refractivity contribution < 1.29 is 4.79 Å². The number of hydrogen-bond donors (Lipinski definition) is 2. The molecule has 2 N–H and O–H groups in total. The first kappa shape index (κ1) is 13.7. The van der Waals surface area contributed by atoms with Crippen LogP contribution in [0.3, 0.4) is 0 Å². The van der Waals surface area contributed by atoms with E-state index in [0.717, 1.165) is 29.9 Å². The van der Waals surface area contributed by atoms with Crippen LogP contribution in [0.1, 0.15) is 37.4 Å². The summed E-state index contributed by atoms with van der Waals surface area (Å²) in [7, 11) is 0. The van der Waals surface area contributed by atoms with Crippen LogP contribution in [-0.4, -0.2) is 15.7 Å². The zero-order valence-electron chi connectivity index (χ0n) is 12.4. The van der Waals surface area contributed by atoms with E-state index in [2.05, 4.69) is 41.8 Å². The molecule has 5 nitrogen and oxygen atoms in total. The highest BCUT2D eigenvalue weighted by molar-refractivity contribution is 5.94. The molecule has 1 amide bonds. The number of aryl methyl sites for hydroxylation is 1. The molecule has 2 heterocycles. The van der Waals surface area contributed by atoms with Crippen LogP contribution in [0.4, 0.5) is 11.4 Å². The maximum atomic E-state index is 11.3. The fraction of sp³-hybridized carbons (Fsp3) is 0.375. The second kappa shape index (κ2) is 5.60. The highest BCUT2D eigenvalue weighted by Gasteiger charge is 2.14. The SMILES string of the molecule is CC(C)n1cc(CNc2ccc3c(c2)CCC(=O)N3)cn1. The van der Waals surface area contributed by atoms with Gasteiger partial charge >= 0.3 is 0 Å². The van der Waals surface area contributed by atoms with Gasteiger partial charge in [0.05, 0.1) is 6.20 Å². The van der Waals surface area contributed by atoms with Crippen molar-refractivity contribution in [2.45, 2.75) is 39.3 Å². The molecule has 1 aliphatic heterocycles. The number of carbonyl (C=O) groups excluding carboxylic acids is 1. The van der Waals surface area contributed by atoms with Gasteiger partial charge in [-0.1, -0.05) is 0 Å². The Balaban J connectivity index is 1.66. The van der Waals surface area contributed by atoms with Gasteiger partial charge in [0.25, 0.3) is 0 Å². The average molecular weight is 284 g/mol. The number of anilines is 2. The summed E-state index contributed by atoms with van der Waals surface area (Å²) in [5.41, 5.74) is 4.36. The number of fused-ring (bicyclic) bond motifs is 1. The molecule has 3 rings (SSSR count). The van der Waals surface area contributed by atoms with Crippen LogP contribution >= 0.6 is 0 Å². The van der Waals surface area contributed by atoms with Crippen molar-refractivity contribution >= 4 is 17.3 Å². The quantitative estimate of drug-likeness (QED) is 0.907. The molecular formula is C16H20N4O. The van der Waals surface area contributed by atoms with Crippen LogP contribution in [0.25, 0.3) is 0 Å². The fourth-order valence-corrected chi connectivity index (χ4v) is 2.45. The Bertz CT molecular complexity index is 660. The summed E-state index contributed by atoms with van der Waals surface area (Å²) in [5.74, 6) is 0.101. The van der Waals surface area contributed by atoms with E-state index < -0.39 is 0 Å². The van der Waals surface area contributed by atoms with E-state index in [1.54, 1.807) is 0 Å². The van der Waals surface area contributed by atoms with Crippen molar-refractivity contribution in [1.29, 1.82) is 0 Å². The summed E-state index contributed by atoms with van der Waals surface area (Å²) in [6.45, 7) is 4.97. The third-order valence-corrected chi connectivity index (χ3v) is 3.68. The van der Waals surface area contributed by atoms with Gasteiger partial charge in [0.2, 0.25) is 5.91 Å². The first-order valence-corrected chi connectivity index (χ1v) is 7.31. The molecule has 1 aliphatic rings. The maximum Gasteiger partial charge on any atom is 0.224 e. The van der Waals surface area contributed by atoms with Crippen LogP contribution < -0.4 is 10.6 Å². The largest absolute Gasteiger partial charge is 0.381 e. The maximum absolute atomic E-state index is 11.3. The summed E-state index contributed by atoms with van der Waals surface area (Å²) in [4.78, 5) is 11.3. The monoisotopic (exact) mass is 284 g/mol. The molecule has 2 aromatic rings. The molecule has 0 fully saturated rings. The summed E-state index contributed by atoms with van der Waals surface area (Å²) >= 11 is 0. The van der Waals surface area contributed by atoms with E-state index in [0.29, 0.717) is 12.5 Å². The predicted molar refractivity (Wildman–Crippen MR) is 83.3 cm³/mol. The van der Waals surface area contributed by atoms with Crippen LogP contribution in [0, 0.1) is 0 Å². The van der Waals surface area contributed by atoms with Gasteiger partial charge in [-0.25, -0.2) is 0 Å². The van der Waals surface area contributed by atoms with Crippen molar-refractivity contribution in [3.8, 4) is 0 Å². The zero-order chi connectivity index (χ0) is 14.8. The van der Waals surface area contributed by atoms with E-state index in [1.165, 1.54) is 5.56 Å². The normalized spacial score (nSPS) is 14.0. The Kier molecular flexibility index (Phi) is 3.64. The van der Waals surface area contributed by atoms with Gasteiger partial charge in [0.1, 0.15) is 0 Å². The summed E-state index contributed by atoms with van der Waals surface area (Å²) in [6, 6.07) is 6.46. The Labute approximate surface area is 124 Å². The topological polar surface area (TPSA) is 59.0 Å². The summed E-state index contributed by atoms with van der Waals surface area (Å²) in [5, 5.41) is 10.6. The highest BCUT2D eigenvalue weighted by Crippen LogP contribution is 2.25. The second-order valence-corrected chi connectivity index (χ2v) is 5.70. The number of nitrogens with one attached hydrogen (secondary N) is 2. The lowest BCUT2D eigenvalue weighted by molar-refractivity contribution is -0.116. The third kappa shape index (κ3) is 3.07. The molecule has 0 saturated carbocycles. The average Bonchev–Trinajstić information content (AvgIpc) is 2.94. The van der Waals surface area contributed by atoms with E-state index in [4.69, 9.17) is 0 Å². The Hall–Kier alpha value is -2.30. The minimum atomic E-state index is 0.101. The molecule has 0 spiro atoms. The Morgan fingerprint density at radius 2 is 2.24 bits per heavy atom. The van der Waals surface area contributed by atoms with Gasteiger partial charge in [-0.05, 0) is 44.0 Å². The minimum absolute atomic E-state index is 0.101. The third-order valence-electron chi connectivity index (χ3n) is 3.68. The number of carbonyl (C=O) groups is 1. The van der Waals surface area contributed by atoms with Crippen LogP contribution in [0.5, 0.6) is 0 Å². The molecule has 0 bridgehead atoms. The van der Waals surface area contributed by atoms with Gasteiger partial charge in [0, 0.05) is 42.1 Å². The number of hydrogen-bond acceptors (Lipinski definition) is 3. The van der Waals surface area contributed by atoms with Crippen molar-refractivity contribution in [2.75, 3.05) is 10.6 Å². The lowest BCUT2D eigenvalue weighted by Gasteiger charge is -2.18. The first-order chi connectivity index (χ1) is 10.1. The lowest BCUT2D eigenvalue weighted by atomic mass is 10.0. The number of aromatic nitrogens is 2. The van der Waals surface area contributed by atoms with Gasteiger partial charge < -0.3 is 10.6 Å². The molecule has 0 radical (unpaired) electrons. The van der Waals surface area contributed by atoms with Crippen molar-refractivity contribution in [2.24, 2.45) is 0 Å². The van der Waals surface area contributed by atoms with Crippen LogP contribution in [0.2, 0.25) is 0 Å². The fourth-order valence-electron chi connectivity index (χ4n) is 2.45.